The van der Waals surface area contributed by atoms with E-state index in [0.717, 1.165) is 29.3 Å². The van der Waals surface area contributed by atoms with E-state index in [4.69, 9.17) is 11.6 Å². The average molecular weight is 290 g/mol. The Bertz CT molecular complexity index is 572. The van der Waals surface area contributed by atoms with Gasteiger partial charge in [-0.25, -0.2) is 4.98 Å². The highest BCUT2D eigenvalue weighted by molar-refractivity contribution is 6.18. The van der Waals surface area contributed by atoms with Crippen LogP contribution in [0.4, 0.5) is 5.82 Å². The Labute approximate surface area is 124 Å². The van der Waals surface area contributed by atoms with Crippen molar-refractivity contribution in [2.24, 2.45) is 11.8 Å². The molecule has 1 aliphatic rings. The van der Waals surface area contributed by atoms with E-state index in [2.05, 4.69) is 15.3 Å². The average Bonchev–Trinajstić information content (AvgIpc) is 2.53. The van der Waals surface area contributed by atoms with Crippen molar-refractivity contribution in [3.63, 3.8) is 0 Å². The van der Waals surface area contributed by atoms with Crippen molar-refractivity contribution in [2.75, 3.05) is 17.7 Å². The number of alkyl halides is 1. The molecule has 0 aliphatic heterocycles. The molecule has 1 saturated carbocycles. The molecule has 2 unspecified atom stereocenters. The minimum atomic E-state index is 0.645. The van der Waals surface area contributed by atoms with E-state index in [1.165, 1.54) is 25.7 Å². The first-order valence-corrected chi connectivity index (χ1v) is 7.92. The van der Waals surface area contributed by atoms with Gasteiger partial charge in [0.05, 0.1) is 17.2 Å². The maximum atomic E-state index is 6.08. The monoisotopic (exact) mass is 289 g/mol. The summed E-state index contributed by atoms with van der Waals surface area (Å²) in [7, 11) is 0. The van der Waals surface area contributed by atoms with Crippen LogP contribution in [0.2, 0.25) is 0 Å². The second-order valence-corrected chi connectivity index (χ2v) is 5.89. The van der Waals surface area contributed by atoms with E-state index in [1.54, 1.807) is 0 Å². The zero-order chi connectivity index (χ0) is 13.8. The normalized spacial score (nSPS) is 22.9. The summed E-state index contributed by atoms with van der Waals surface area (Å²) in [5.74, 6) is 2.94. The van der Waals surface area contributed by atoms with Crippen LogP contribution < -0.4 is 5.32 Å². The molecule has 1 aromatic carbocycles. The summed E-state index contributed by atoms with van der Waals surface area (Å²) in [6.07, 6.45) is 7.00. The van der Waals surface area contributed by atoms with Gasteiger partial charge in [0, 0.05) is 12.4 Å². The van der Waals surface area contributed by atoms with Gasteiger partial charge in [-0.2, -0.15) is 0 Å². The van der Waals surface area contributed by atoms with Gasteiger partial charge in [0.1, 0.15) is 5.82 Å². The first-order chi connectivity index (χ1) is 9.86. The van der Waals surface area contributed by atoms with Crippen LogP contribution in [0.3, 0.4) is 0 Å². The van der Waals surface area contributed by atoms with Gasteiger partial charge in [-0.05, 0) is 36.8 Å². The van der Waals surface area contributed by atoms with Gasteiger partial charge in [0.15, 0.2) is 0 Å². The molecule has 2 atom stereocenters. The second-order valence-electron chi connectivity index (χ2n) is 5.58. The van der Waals surface area contributed by atoms with E-state index in [0.29, 0.717) is 11.8 Å². The molecule has 1 N–H and O–H groups in total. The Morgan fingerprint density at radius 2 is 1.85 bits per heavy atom. The molecule has 1 fully saturated rings. The second kappa shape index (κ2) is 6.40. The molecule has 0 amide bonds. The molecule has 2 aromatic rings. The minimum absolute atomic E-state index is 0.645. The van der Waals surface area contributed by atoms with Crippen molar-refractivity contribution in [3.8, 4) is 0 Å². The van der Waals surface area contributed by atoms with Crippen LogP contribution in [0.5, 0.6) is 0 Å². The molecular weight excluding hydrogens is 270 g/mol. The molecule has 3 nitrogen and oxygen atoms in total. The minimum Gasteiger partial charge on any atom is -0.368 e. The third kappa shape index (κ3) is 3.04. The number of benzene rings is 1. The Balaban J connectivity index is 1.67. The molecule has 0 bridgehead atoms. The lowest BCUT2D eigenvalue weighted by Gasteiger charge is -2.30. The summed E-state index contributed by atoms with van der Waals surface area (Å²) in [5, 5.41) is 3.44. The van der Waals surface area contributed by atoms with Crippen LogP contribution in [0.25, 0.3) is 11.0 Å². The van der Waals surface area contributed by atoms with Gasteiger partial charge in [-0.15, -0.1) is 11.6 Å². The Kier molecular flexibility index (Phi) is 4.36. The zero-order valence-corrected chi connectivity index (χ0v) is 12.3. The summed E-state index contributed by atoms with van der Waals surface area (Å²) in [4.78, 5) is 9.04. The molecule has 20 heavy (non-hydrogen) atoms. The largest absolute Gasteiger partial charge is 0.368 e. The van der Waals surface area contributed by atoms with Crippen molar-refractivity contribution in [3.05, 3.63) is 30.5 Å². The summed E-state index contributed by atoms with van der Waals surface area (Å²) >= 11 is 6.08. The molecule has 4 heteroatoms. The quantitative estimate of drug-likeness (QED) is 0.862. The maximum Gasteiger partial charge on any atom is 0.145 e. The van der Waals surface area contributed by atoms with Gasteiger partial charge < -0.3 is 5.32 Å². The lowest BCUT2D eigenvalue weighted by molar-refractivity contribution is 0.272. The van der Waals surface area contributed by atoms with Crippen molar-refractivity contribution in [2.45, 2.75) is 25.7 Å². The Morgan fingerprint density at radius 1 is 1.10 bits per heavy atom. The summed E-state index contributed by atoms with van der Waals surface area (Å²) in [6.45, 7) is 0.949. The molecule has 1 aromatic heterocycles. The number of hydrogen-bond donors (Lipinski definition) is 1. The molecule has 0 spiro atoms. The summed E-state index contributed by atoms with van der Waals surface area (Å²) in [6, 6.07) is 7.95. The van der Waals surface area contributed by atoms with Gasteiger partial charge in [0.25, 0.3) is 0 Å². The molecule has 0 saturated heterocycles. The summed E-state index contributed by atoms with van der Waals surface area (Å²) < 4.78 is 0. The first-order valence-electron chi connectivity index (χ1n) is 7.38. The number of anilines is 1. The standard InChI is InChI=1S/C16H20ClN3/c17-9-12-5-1-2-6-13(12)10-19-16-11-18-14-7-3-4-8-15(14)20-16/h3-4,7-8,11-13H,1-2,5-6,9-10H2,(H,19,20). The van der Waals surface area contributed by atoms with Crippen molar-refractivity contribution >= 4 is 28.5 Å². The predicted octanol–water partition coefficient (Wildman–Crippen LogP) is 4.09. The van der Waals surface area contributed by atoms with Crippen LogP contribution in [-0.2, 0) is 0 Å². The van der Waals surface area contributed by atoms with Gasteiger partial charge in [-0.3, -0.25) is 4.98 Å². The molecular formula is C16H20ClN3. The van der Waals surface area contributed by atoms with E-state index in [1.807, 2.05) is 30.5 Å². The van der Waals surface area contributed by atoms with E-state index in [-0.39, 0.29) is 0 Å². The van der Waals surface area contributed by atoms with Gasteiger partial charge >= 0.3 is 0 Å². The number of halogens is 1. The van der Waals surface area contributed by atoms with Crippen molar-refractivity contribution < 1.29 is 0 Å². The van der Waals surface area contributed by atoms with E-state index in [9.17, 15) is 0 Å². The van der Waals surface area contributed by atoms with Gasteiger partial charge in [-0.1, -0.05) is 25.0 Å². The number of hydrogen-bond acceptors (Lipinski definition) is 3. The van der Waals surface area contributed by atoms with Crippen molar-refractivity contribution in [1.82, 2.24) is 9.97 Å². The van der Waals surface area contributed by atoms with Crippen LogP contribution in [-0.4, -0.2) is 22.4 Å². The number of nitrogens with one attached hydrogen (secondary N) is 1. The Morgan fingerprint density at radius 3 is 2.65 bits per heavy atom. The van der Waals surface area contributed by atoms with Gasteiger partial charge in [0.2, 0.25) is 0 Å². The number of fused-ring (bicyclic) bond motifs is 1. The molecule has 1 heterocycles. The third-order valence-corrected chi connectivity index (χ3v) is 4.66. The Hall–Kier alpha value is -1.35. The highest BCUT2D eigenvalue weighted by atomic mass is 35.5. The summed E-state index contributed by atoms with van der Waals surface area (Å²) in [5.41, 5.74) is 1.88. The number of para-hydroxylation sites is 2. The maximum absolute atomic E-state index is 6.08. The van der Waals surface area contributed by atoms with Crippen LogP contribution in [0.1, 0.15) is 25.7 Å². The topological polar surface area (TPSA) is 37.8 Å². The predicted molar refractivity (Wildman–Crippen MR) is 84.2 cm³/mol. The van der Waals surface area contributed by atoms with Crippen molar-refractivity contribution in [1.29, 1.82) is 0 Å². The van der Waals surface area contributed by atoms with Crippen LogP contribution in [0, 0.1) is 11.8 Å². The highest BCUT2D eigenvalue weighted by Gasteiger charge is 2.24. The molecule has 3 rings (SSSR count). The fourth-order valence-electron chi connectivity index (χ4n) is 3.03. The molecule has 106 valence electrons. The van der Waals surface area contributed by atoms with Crippen LogP contribution >= 0.6 is 11.6 Å². The van der Waals surface area contributed by atoms with E-state index >= 15 is 0 Å². The molecule has 1 aliphatic carbocycles. The third-order valence-electron chi connectivity index (χ3n) is 4.26. The zero-order valence-electron chi connectivity index (χ0n) is 11.6. The lowest BCUT2D eigenvalue weighted by atomic mass is 9.80. The van der Waals surface area contributed by atoms with E-state index < -0.39 is 0 Å². The fourth-order valence-corrected chi connectivity index (χ4v) is 3.44. The highest BCUT2D eigenvalue weighted by Crippen LogP contribution is 2.31. The SMILES string of the molecule is ClCC1CCCCC1CNc1cnc2ccccc2n1. The number of rotatable bonds is 4. The number of aromatic nitrogens is 2. The smallest absolute Gasteiger partial charge is 0.145 e. The lowest BCUT2D eigenvalue weighted by Crippen LogP contribution is -2.27. The molecule has 0 radical (unpaired) electrons. The van der Waals surface area contributed by atoms with Crippen LogP contribution in [0.15, 0.2) is 30.5 Å². The first kappa shape index (κ1) is 13.6. The fraction of sp³-hybridized carbons (Fsp3) is 0.500. The number of nitrogens with zero attached hydrogens (tertiary/aromatic N) is 2.